The van der Waals surface area contributed by atoms with Gasteiger partial charge in [0.1, 0.15) is 0 Å². The van der Waals surface area contributed by atoms with E-state index in [0.29, 0.717) is 0 Å². The zero-order chi connectivity index (χ0) is 9.40. The molecule has 0 atom stereocenters. The molecule has 0 spiro atoms. The molecule has 0 fully saturated rings. The molecule has 0 rings (SSSR count). The van der Waals surface area contributed by atoms with Crippen molar-refractivity contribution in [1.29, 1.82) is 0 Å². The van der Waals surface area contributed by atoms with E-state index in [1.165, 1.54) is 0 Å². The van der Waals surface area contributed by atoms with Crippen molar-refractivity contribution < 1.29 is 0 Å². The third-order valence-corrected chi connectivity index (χ3v) is 1.72. The fourth-order valence-electron chi connectivity index (χ4n) is 0.829. The van der Waals surface area contributed by atoms with Crippen LogP contribution in [0.15, 0.2) is 0 Å². The smallest absolute Gasteiger partial charge is 0.0601 e. The highest BCUT2D eigenvalue weighted by atomic mass is 15.1. The minimum atomic E-state index is 0.862. The summed E-state index contributed by atoms with van der Waals surface area (Å²) < 4.78 is 0. The zero-order valence-electron chi connectivity index (χ0n) is 8.72. The molecule has 0 bridgehead atoms. The monoisotopic (exact) mass is 168 g/mol. The molecule has 0 radical (unpaired) electrons. The Labute approximate surface area is 76.5 Å². The molecule has 0 aromatic carbocycles. The van der Waals surface area contributed by atoms with Crippen LogP contribution in [0.25, 0.3) is 0 Å². The minimum absolute atomic E-state index is 0.862. The Kier molecular flexibility index (Phi) is 6.84. The zero-order valence-corrected chi connectivity index (χ0v) is 8.72. The number of nitrogens with zero attached hydrogens (tertiary/aromatic N) is 2. The average molecular weight is 168 g/mol. The van der Waals surface area contributed by atoms with Gasteiger partial charge in [0.05, 0.1) is 13.1 Å². The molecule has 0 amide bonds. The molecule has 12 heavy (non-hydrogen) atoms. The second-order valence-corrected chi connectivity index (χ2v) is 3.05. The van der Waals surface area contributed by atoms with Crippen LogP contribution in [0.3, 0.4) is 0 Å². The maximum Gasteiger partial charge on any atom is 0.0601 e. The van der Waals surface area contributed by atoms with Crippen LogP contribution in [0.2, 0.25) is 0 Å². The maximum atomic E-state index is 3.15. The summed E-state index contributed by atoms with van der Waals surface area (Å²) in [5, 5.41) is 0. The molecule has 0 aliphatic heterocycles. The SMILES string of the molecule is CCN(CC)CC#CCN(C)C. The first kappa shape index (κ1) is 11.5. The quantitative estimate of drug-likeness (QED) is 0.575. The molecule has 0 aliphatic carbocycles. The Morgan fingerprint density at radius 3 is 1.83 bits per heavy atom. The second kappa shape index (κ2) is 7.15. The summed E-state index contributed by atoms with van der Waals surface area (Å²) in [7, 11) is 4.07. The minimum Gasteiger partial charge on any atom is -0.299 e. The van der Waals surface area contributed by atoms with Crippen molar-refractivity contribution in [2.75, 3.05) is 40.3 Å². The van der Waals surface area contributed by atoms with Crippen molar-refractivity contribution >= 4 is 0 Å². The van der Waals surface area contributed by atoms with Gasteiger partial charge in [-0.1, -0.05) is 25.7 Å². The number of rotatable bonds is 4. The van der Waals surface area contributed by atoms with Gasteiger partial charge in [-0.05, 0) is 27.2 Å². The van der Waals surface area contributed by atoms with Crippen molar-refractivity contribution in [3.63, 3.8) is 0 Å². The van der Waals surface area contributed by atoms with Gasteiger partial charge in [0.25, 0.3) is 0 Å². The molecule has 0 saturated heterocycles. The fourth-order valence-corrected chi connectivity index (χ4v) is 0.829. The van der Waals surface area contributed by atoms with E-state index in [1.54, 1.807) is 0 Å². The van der Waals surface area contributed by atoms with E-state index in [1.807, 2.05) is 14.1 Å². The summed E-state index contributed by atoms with van der Waals surface area (Å²) in [6.07, 6.45) is 0. The first-order valence-corrected chi connectivity index (χ1v) is 4.53. The lowest BCUT2D eigenvalue weighted by Crippen LogP contribution is -2.23. The van der Waals surface area contributed by atoms with Gasteiger partial charge in [-0.3, -0.25) is 9.80 Å². The standard InChI is InChI=1S/C10H20N2/c1-5-12(6-2)10-8-7-9-11(3)4/h5-6,9-10H2,1-4H3. The molecule has 70 valence electrons. The lowest BCUT2D eigenvalue weighted by atomic mass is 10.4. The molecule has 0 aromatic heterocycles. The van der Waals surface area contributed by atoms with E-state index < -0.39 is 0 Å². The molecule has 0 aromatic rings. The van der Waals surface area contributed by atoms with Crippen molar-refractivity contribution in [2.45, 2.75) is 13.8 Å². The van der Waals surface area contributed by atoms with E-state index in [4.69, 9.17) is 0 Å². The van der Waals surface area contributed by atoms with Gasteiger partial charge >= 0.3 is 0 Å². The van der Waals surface area contributed by atoms with Crippen LogP contribution >= 0.6 is 0 Å². The van der Waals surface area contributed by atoms with Crippen molar-refractivity contribution in [2.24, 2.45) is 0 Å². The molecular formula is C10H20N2. The third kappa shape index (κ3) is 6.21. The largest absolute Gasteiger partial charge is 0.299 e. The second-order valence-electron chi connectivity index (χ2n) is 3.05. The van der Waals surface area contributed by atoms with Gasteiger partial charge in [-0.15, -0.1) is 0 Å². The molecule has 0 aliphatic rings. The fraction of sp³-hybridized carbons (Fsp3) is 0.800. The number of hydrogen-bond acceptors (Lipinski definition) is 2. The van der Waals surface area contributed by atoms with Gasteiger partial charge in [0, 0.05) is 0 Å². The highest BCUT2D eigenvalue weighted by molar-refractivity contribution is 5.02. The summed E-state index contributed by atoms with van der Waals surface area (Å²) in [6, 6.07) is 0. The van der Waals surface area contributed by atoms with Gasteiger partial charge in [0.15, 0.2) is 0 Å². The Morgan fingerprint density at radius 1 is 0.917 bits per heavy atom. The van der Waals surface area contributed by atoms with Crippen LogP contribution in [0.1, 0.15) is 13.8 Å². The Bertz CT molecular complexity index is 149. The lowest BCUT2D eigenvalue weighted by Gasteiger charge is -2.13. The number of hydrogen-bond donors (Lipinski definition) is 0. The van der Waals surface area contributed by atoms with E-state index in [0.717, 1.165) is 26.2 Å². The van der Waals surface area contributed by atoms with Crippen LogP contribution in [0, 0.1) is 11.8 Å². The summed E-state index contributed by atoms with van der Waals surface area (Å²) in [5.74, 6) is 6.27. The Hall–Kier alpha value is -0.520. The topological polar surface area (TPSA) is 6.48 Å². The van der Waals surface area contributed by atoms with Crippen LogP contribution < -0.4 is 0 Å². The molecule has 2 nitrogen and oxygen atoms in total. The Balaban J connectivity index is 3.54. The third-order valence-electron chi connectivity index (χ3n) is 1.72. The molecule has 0 saturated carbocycles. The van der Waals surface area contributed by atoms with E-state index in [9.17, 15) is 0 Å². The molecule has 0 N–H and O–H groups in total. The highest BCUT2D eigenvalue weighted by Crippen LogP contribution is 1.83. The van der Waals surface area contributed by atoms with Crippen molar-refractivity contribution in [3.05, 3.63) is 0 Å². The van der Waals surface area contributed by atoms with Crippen molar-refractivity contribution in [3.8, 4) is 11.8 Å². The predicted octanol–water partition coefficient (Wildman–Crippen LogP) is 0.893. The van der Waals surface area contributed by atoms with Gasteiger partial charge in [-0.25, -0.2) is 0 Å². The lowest BCUT2D eigenvalue weighted by molar-refractivity contribution is 0.342. The predicted molar refractivity (Wildman–Crippen MR) is 54.1 cm³/mol. The highest BCUT2D eigenvalue weighted by Gasteiger charge is 1.92. The van der Waals surface area contributed by atoms with E-state index in [2.05, 4.69) is 35.5 Å². The first-order valence-electron chi connectivity index (χ1n) is 4.53. The molecule has 2 heteroatoms. The Morgan fingerprint density at radius 2 is 1.42 bits per heavy atom. The molecule has 0 unspecified atom stereocenters. The summed E-state index contributed by atoms with van der Waals surface area (Å²) in [6.45, 7) is 8.27. The maximum absolute atomic E-state index is 3.15. The van der Waals surface area contributed by atoms with Crippen molar-refractivity contribution in [1.82, 2.24) is 9.80 Å². The first-order chi connectivity index (χ1) is 5.70. The van der Waals surface area contributed by atoms with Crippen LogP contribution in [-0.2, 0) is 0 Å². The van der Waals surface area contributed by atoms with E-state index in [-0.39, 0.29) is 0 Å². The van der Waals surface area contributed by atoms with Gasteiger partial charge in [0.2, 0.25) is 0 Å². The van der Waals surface area contributed by atoms with Crippen LogP contribution in [-0.4, -0.2) is 50.1 Å². The van der Waals surface area contributed by atoms with Crippen LogP contribution in [0.4, 0.5) is 0 Å². The summed E-state index contributed by atoms with van der Waals surface area (Å²) >= 11 is 0. The molecule has 0 heterocycles. The van der Waals surface area contributed by atoms with Gasteiger partial charge in [-0.2, -0.15) is 0 Å². The average Bonchev–Trinajstić information content (AvgIpc) is 2.04. The summed E-state index contributed by atoms with van der Waals surface area (Å²) in [5.41, 5.74) is 0. The van der Waals surface area contributed by atoms with Crippen LogP contribution in [0.5, 0.6) is 0 Å². The normalized spacial score (nSPS) is 10.2. The molecular weight excluding hydrogens is 148 g/mol. The van der Waals surface area contributed by atoms with Gasteiger partial charge < -0.3 is 0 Å². The van der Waals surface area contributed by atoms with E-state index >= 15 is 0 Å². The summed E-state index contributed by atoms with van der Waals surface area (Å²) in [4.78, 5) is 4.39.